The van der Waals surface area contributed by atoms with Crippen LogP contribution < -0.4 is 9.80 Å². The molecule has 0 aliphatic carbocycles. The highest BCUT2D eigenvalue weighted by molar-refractivity contribution is 5.73. The maximum atomic E-state index is 9.76. The Morgan fingerprint density at radius 3 is 2.77 bits per heavy atom. The SMILES string of the molecule is CC(O)c1nccc(N2CCN(c3nc4ccncc4o3)CC2(C)C)n1. The Morgan fingerprint density at radius 2 is 2.04 bits per heavy atom. The van der Waals surface area contributed by atoms with Crippen molar-refractivity contribution in [2.24, 2.45) is 0 Å². The fourth-order valence-corrected chi connectivity index (χ4v) is 3.36. The molecule has 0 bridgehead atoms. The maximum Gasteiger partial charge on any atom is 0.298 e. The van der Waals surface area contributed by atoms with E-state index >= 15 is 0 Å². The van der Waals surface area contributed by atoms with Gasteiger partial charge in [0.15, 0.2) is 11.4 Å². The predicted octanol–water partition coefficient (Wildman–Crippen LogP) is 2.17. The van der Waals surface area contributed by atoms with Crippen molar-refractivity contribution in [3.8, 4) is 0 Å². The minimum Gasteiger partial charge on any atom is -0.422 e. The van der Waals surface area contributed by atoms with Gasteiger partial charge in [-0.15, -0.1) is 0 Å². The lowest BCUT2D eigenvalue weighted by atomic mass is 9.99. The Hall–Kier alpha value is -2.74. The van der Waals surface area contributed by atoms with Gasteiger partial charge in [0.05, 0.1) is 11.7 Å². The molecule has 1 saturated heterocycles. The number of rotatable bonds is 3. The van der Waals surface area contributed by atoms with Gasteiger partial charge < -0.3 is 19.3 Å². The molecule has 0 amide bonds. The molecular weight excluding hydrogens is 332 g/mol. The topological polar surface area (TPSA) is 91.4 Å². The van der Waals surface area contributed by atoms with Crippen LogP contribution in [0.2, 0.25) is 0 Å². The van der Waals surface area contributed by atoms with E-state index in [1.165, 1.54) is 0 Å². The summed E-state index contributed by atoms with van der Waals surface area (Å²) >= 11 is 0. The van der Waals surface area contributed by atoms with Crippen LogP contribution in [0.15, 0.2) is 35.1 Å². The first kappa shape index (κ1) is 16.7. The number of nitrogens with zero attached hydrogens (tertiary/aromatic N) is 6. The third-order valence-corrected chi connectivity index (χ3v) is 4.66. The smallest absolute Gasteiger partial charge is 0.298 e. The normalized spacial score (nSPS) is 18.3. The van der Waals surface area contributed by atoms with Gasteiger partial charge in [-0.1, -0.05) is 0 Å². The van der Waals surface area contributed by atoms with Crippen molar-refractivity contribution in [1.82, 2.24) is 19.9 Å². The van der Waals surface area contributed by atoms with Gasteiger partial charge in [-0.2, -0.15) is 4.98 Å². The molecule has 1 unspecified atom stereocenters. The van der Waals surface area contributed by atoms with Crippen molar-refractivity contribution >= 4 is 22.9 Å². The van der Waals surface area contributed by atoms with Crippen LogP contribution in [0.1, 0.15) is 32.7 Å². The molecule has 4 rings (SSSR count). The molecule has 8 heteroatoms. The van der Waals surface area contributed by atoms with Crippen LogP contribution in [0, 0.1) is 0 Å². The summed E-state index contributed by atoms with van der Waals surface area (Å²) in [6.07, 6.45) is 4.41. The minimum atomic E-state index is -0.687. The fourth-order valence-electron chi connectivity index (χ4n) is 3.36. The van der Waals surface area contributed by atoms with E-state index in [-0.39, 0.29) is 5.54 Å². The first-order valence-electron chi connectivity index (χ1n) is 8.68. The minimum absolute atomic E-state index is 0.193. The number of hydrogen-bond donors (Lipinski definition) is 1. The molecule has 1 aliphatic heterocycles. The van der Waals surface area contributed by atoms with Gasteiger partial charge in [0.1, 0.15) is 17.4 Å². The number of pyridine rings is 1. The Balaban J connectivity index is 1.58. The zero-order valence-corrected chi connectivity index (χ0v) is 15.1. The summed E-state index contributed by atoms with van der Waals surface area (Å²) in [4.78, 5) is 21.7. The zero-order chi connectivity index (χ0) is 18.3. The molecule has 3 aromatic heterocycles. The summed E-state index contributed by atoms with van der Waals surface area (Å²) in [5.74, 6) is 1.26. The highest BCUT2D eigenvalue weighted by Gasteiger charge is 2.36. The molecule has 136 valence electrons. The molecule has 1 atom stereocenters. The lowest BCUT2D eigenvalue weighted by molar-refractivity contribution is 0.188. The monoisotopic (exact) mass is 354 g/mol. The van der Waals surface area contributed by atoms with Gasteiger partial charge in [-0.05, 0) is 32.9 Å². The van der Waals surface area contributed by atoms with Gasteiger partial charge in [0.2, 0.25) is 0 Å². The average molecular weight is 354 g/mol. The van der Waals surface area contributed by atoms with E-state index in [4.69, 9.17) is 4.42 Å². The van der Waals surface area contributed by atoms with Crippen LogP contribution in [0.3, 0.4) is 0 Å². The van der Waals surface area contributed by atoms with E-state index in [9.17, 15) is 5.11 Å². The van der Waals surface area contributed by atoms with Gasteiger partial charge >= 0.3 is 0 Å². The highest BCUT2D eigenvalue weighted by atomic mass is 16.4. The number of aliphatic hydroxyl groups is 1. The largest absolute Gasteiger partial charge is 0.422 e. The van der Waals surface area contributed by atoms with Crippen molar-refractivity contribution in [2.75, 3.05) is 29.4 Å². The van der Waals surface area contributed by atoms with E-state index < -0.39 is 6.10 Å². The highest BCUT2D eigenvalue weighted by Crippen LogP contribution is 2.30. The molecule has 1 aliphatic rings. The zero-order valence-electron chi connectivity index (χ0n) is 15.1. The standard InChI is InChI=1S/C18H22N6O2/c1-12(25)16-20-7-5-15(22-16)24-9-8-23(11-18(24,2)3)17-21-13-4-6-19-10-14(13)26-17/h4-7,10,12,25H,8-9,11H2,1-3H3. The second-order valence-electron chi connectivity index (χ2n) is 7.17. The lowest BCUT2D eigenvalue weighted by Crippen LogP contribution is -2.60. The summed E-state index contributed by atoms with van der Waals surface area (Å²) in [6, 6.07) is 4.35. The summed E-state index contributed by atoms with van der Waals surface area (Å²) in [5.41, 5.74) is 1.31. The Bertz CT molecular complexity index is 890. The lowest BCUT2D eigenvalue weighted by Gasteiger charge is -2.47. The molecule has 8 nitrogen and oxygen atoms in total. The average Bonchev–Trinajstić information content (AvgIpc) is 3.05. The number of fused-ring (bicyclic) bond motifs is 1. The third kappa shape index (κ3) is 2.96. The van der Waals surface area contributed by atoms with E-state index in [1.807, 2.05) is 12.1 Å². The first-order valence-corrected chi connectivity index (χ1v) is 8.68. The van der Waals surface area contributed by atoms with Crippen LogP contribution >= 0.6 is 0 Å². The summed E-state index contributed by atoms with van der Waals surface area (Å²) in [5, 5.41) is 9.76. The van der Waals surface area contributed by atoms with Crippen LogP contribution in [0.4, 0.5) is 11.8 Å². The number of piperazine rings is 1. The van der Waals surface area contributed by atoms with Crippen molar-refractivity contribution in [3.63, 3.8) is 0 Å². The van der Waals surface area contributed by atoms with Crippen molar-refractivity contribution in [2.45, 2.75) is 32.4 Å². The number of aliphatic hydroxyl groups excluding tert-OH is 1. The molecular formula is C18H22N6O2. The van der Waals surface area contributed by atoms with Gasteiger partial charge in [-0.25, -0.2) is 9.97 Å². The van der Waals surface area contributed by atoms with E-state index in [0.717, 1.165) is 31.0 Å². The van der Waals surface area contributed by atoms with Crippen molar-refractivity contribution < 1.29 is 9.52 Å². The molecule has 0 radical (unpaired) electrons. The summed E-state index contributed by atoms with van der Waals surface area (Å²) < 4.78 is 5.87. The van der Waals surface area contributed by atoms with Gasteiger partial charge in [0, 0.05) is 32.0 Å². The number of aromatic nitrogens is 4. The van der Waals surface area contributed by atoms with E-state index in [2.05, 4.69) is 43.6 Å². The number of hydrogen-bond acceptors (Lipinski definition) is 8. The van der Waals surface area contributed by atoms with E-state index in [0.29, 0.717) is 17.4 Å². The van der Waals surface area contributed by atoms with Crippen molar-refractivity contribution in [1.29, 1.82) is 0 Å². The predicted molar refractivity (Wildman–Crippen MR) is 98.1 cm³/mol. The molecule has 26 heavy (non-hydrogen) atoms. The van der Waals surface area contributed by atoms with Crippen LogP contribution in [-0.4, -0.2) is 50.2 Å². The molecule has 1 N–H and O–H groups in total. The molecule has 0 spiro atoms. The third-order valence-electron chi connectivity index (χ3n) is 4.66. The van der Waals surface area contributed by atoms with E-state index in [1.54, 1.807) is 25.5 Å². The summed E-state index contributed by atoms with van der Waals surface area (Å²) in [6.45, 7) is 8.25. The fraction of sp³-hybridized carbons (Fsp3) is 0.444. The summed E-state index contributed by atoms with van der Waals surface area (Å²) in [7, 11) is 0. The second kappa shape index (κ2) is 6.21. The Kier molecular flexibility index (Phi) is 3.99. The maximum absolute atomic E-state index is 9.76. The van der Waals surface area contributed by atoms with Crippen LogP contribution in [-0.2, 0) is 0 Å². The Labute approximate surface area is 151 Å². The molecule has 0 saturated carbocycles. The molecule has 1 fully saturated rings. The van der Waals surface area contributed by atoms with Crippen LogP contribution in [0.25, 0.3) is 11.1 Å². The van der Waals surface area contributed by atoms with Gasteiger partial charge in [0.25, 0.3) is 6.01 Å². The number of anilines is 2. The molecule has 3 aromatic rings. The number of oxazole rings is 1. The van der Waals surface area contributed by atoms with Gasteiger partial charge in [-0.3, -0.25) is 4.98 Å². The molecule has 0 aromatic carbocycles. The van der Waals surface area contributed by atoms with Crippen LogP contribution in [0.5, 0.6) is 0 Å². The second-order valence-corrected chi connectivity index (χ2v) is 7.17. The molecule has 4 heterocycles. The Morgan fingerprint density at radius 1 is 1.19 bits per heavy atom. The van der Waals surface area contributed by atoms with Crippen molar-refractivity contribution in [3.05, 3.63) is 36.5 Å². The quantitative estimate of drug-likeness (QED) is 0.765. The first-order chi connectivity index (χ1) is 12.4.